The van der Waals surface area contributed by atoms with Crippen molar-refractivity contribution in [2.45, 2.75) is 20.4 Å². The van der Waals surface area contributed by atoms with Crippen LogP contribution in [0.5, 0.6) is 5.75 Å². The topological polar surface area (TPSA) is 63.2 Å². The highest BCUT2D eigenvalue weighted by molar-refractivity contribution is 5.77. The van der Waals surface area contributed by atoms with Gasteiger partial charge < -0.3 is 15.4 Å². The molecule has 1 heterocycles. The Morgan fingerprint density at radius 1 is 1.50 bits per heavy atom. The predicted octanol–water partition coefficient (Wildman–Crippen LogP) is 1.51. The van der Waals surface area contributed by atoms with Crippen LogP contribution in [0.15, 0.2) is 31.0 Å². The standard InChI is InChI=1S/C15H23N3O2/c1-4-7-17-15(19)11-20-14-6-5-13(18-10-14)9-16-8-12(2)3/h4-6,10,12,16H,1,7-9,11H2,2-3H3,(H,17,19). The van der Waals surface area contributed by atoms with Crippen molar-refractivity contribution in [1.29, 1.82) is 0 Å². The lowest BCUT2D eigenvalue weighted by Gasteiger charge is -2.08. The molecule has 5 nitrogen and oxygen atoms in total. The van der Waals surface area contributed by atoms with E-state index < -0.39 is 0 Å². The number of amides is 1. The minimum Gasteiger partial charge on any atom is -0.482 e. The maximum absolute atomic E-state index is 11.3. The van der Waals surface area contributed by atoms with Gasteiger partial charge in [-0.25, -0.2) is 0 Å². The molecule has 0 radical (unpaired) electrons. The highest BCUT2D eigenvalue weighted by Gasteiger charge is 2.02. The molecular weight excluding hydrogens is 254 g/mol. The summed E-state index contributed by atoms with van der Waals surface area (Å²) >= 11 is 0. The van der Waals surface area contributed by atoms with E-state index in [1.165, 1.54) is 0 Å². The Balaban J connectivity index is 2.31. The van der Waals surface area contributed by atoms with Gasteiger partial charge in [0.2, 0.25) is 0 Å². The van der Waals surface area contributed by atoms with Crippen LogP contribution in [0.4, 0.5) is 0 Å². The first-order valence-electron chi connectivity index (χ1n) is 6.78. The third kappa shape index (κ3) is 6.89. The van der Waals surface area contributed by atoms with E-state index in [9.17, 15) is 4.79 Å². The van der Waals surface area contributed by atoms with Crippen molar-refractivity contribution in [2.24, 2.45) is 5.92 Å². The molecule has 1 amide bonds. The van der Waals surface area contributed by atoms with E-state index in [2.05, 4.69) is 36.0 Å². The first-order chi connectivity index (χ1) is 9.61. The van der Waals surface area contributed by atoms with Gasteiger partial charge in [-0.05, 0) is 24.6 Å². The van der Waals surface area contributed by atoms with Crippen LogP contribution in [0.2, 0.25) is 0 Å². The fraction of sp³-hybridized carbons (Fsp3) is 0.467. The Morgan fingerprint density at radius 3 is 2.90 bits per heavy atom. The number of carbonyl (C=O) groups is 1. The zero-order valence-corrected chi connectivity index (χ0v) is 12.2. The SMILES string of the molecule is C=CCNC(=O)COc1ccc(CNCC(C)C)nc1. The van der Waals surface area contributed by atoms with Gasteiger partial charge in [0.25, 0.3) is 5.91 Å². The Morgan fingerprint density at radius 2 is 2.30 bits per heavy atom. The molecule has 0 saturated carbocycles. The molecular formula is C15H23N3O2. The van der Waals surface area contributed by atoms with Gasteiger partial charge in [-0.15, -0.1) is 6.58 Å². The molecule has 0 unspecified atom stereocenters. The number of hydrogen-bond acceptors (Lipinski definition) is 4. The summed E-state index contributed by atoms with van der Waals surface area (Å²) in [7, 11) is 0. The average molecular weight is 277 g/mol. The molecule has 0 fully saturated rings. The number of rotatable bonds is 9. The molecule has 1 aromatic rings. The summed E-state index contributed by atoms with van der Waals surface area (Å²) in [5, 5.41) is 5.96. The molecule has 0 aliphatic rings. The van der Waals surface area contributed by atoms with Crippen LogP contribution in [-0.2, 0) is 11.3 Å². The number of pyridine rings is 1. The predicted molar refractivity (Wildman–Crippen MR) is 79.5 cm³/mol. The molecule has 0 bridgehead atoms. The van der Waals surface area contributed by atoms with Crippen molar-refractivity contribution in [3.8, 4) is 5.75 Å². The van der Waals surface area contributed by atoms with E-state index in [0.717, 1.165) is 18.8 Å². The van der Waals surface area contributed by atoms with Crippen LogP contribution >= 0.6 is 0 Å². The van der Waals surface area contributed by atoms with Gasteiger partial charge in [0, 0.05) is 13.1 Å². The Bertz CT molecular complexity index is 416. The van der Waals surface area contributed by atoms with Crippen LogP contribution in [0.3, 0.4) is 0 Å². The smallest absolute Gasteiger partial charge is 0.258 e. The average Bonchev–Trinajstić information content (AvgIpc) is 2.44. The Hall–Kier alpha value is -1.88. The molecule has 0 aromatic carbocycles. The Labute approximate surface area is 120 Å². The summed E-state index contributed by atoms with van der Waals surface area (Å²) in [6.45, 7) is 9.98. The van der Waals surface area contributed by atoms with Crippen LogP contribution in [0.25, 0.3) is 0 Å². The zero-order chi connectivity index (χ0) is 14.8. The summed E-state index contributed by atoms with van der Waals surface area (Å²) in [5.74, 6) is 1.03. The maximum Gasteiger partial charge on any atom is 0.258 e. The molecule has 5 heteroatoms. The molecule has 1 aromatic heterocycles. The van der Waals surface area contributed by atoms with Crippen molar-refractivity contribution < 1.29 is 9.53 Å². The van der Waals surface area contributed by atoms with Gasteiger partial charge in [0.1, 0.15) is 5.75 Å². The number of nitrogens with one attached hydrogen (secondary N) is 2. The lowest BCUT2D eigenvalue weighted by Crippen LogP contribution is -2.28. The molecule has 0 aliphatic heterocycles. The minimum absolute atomic E-state index is 0.0134. The van der Waals surface area contributed by atoms with Crippen LogP contribution in [0.1, 0.15) is 19.5 Å². The highest BCUT2D eigenvalue weighted by Crippen LogP contribution is 2.08. The van der Waals surface area contributed by atoms with Gasteiger partial charge in [0.15, 0.2) is 6.61 Å². The molecule has 0 spiro atoms. The monoisotopic (exact) mass is 277 g/mol. The molecule has 20 heavy (non-hydrogen) atoms. The second kappa shape index (κ2) is 9.09. The summed E-state index contributed by atoms with van der Waals surface area (Å²) in [6.07, 6.45) is 3.26. The third-order valence-corrected chi connectivity index (χ3v) is 2.47. The van der Waals surface area contributed by atoms with E-state index in [0.29, 0.717) is 18.2 Å². The number of aromatic nitrogens is 1. The molecule has 0 atom stereocenters. The first-order valence-corrected chi connectivity index (χ1v) is 6.78. The summed E-state index contributed by atoms with van der Waals surface area (Å²) < 4.78 is 5.33. The van der Waals surface area contributed by atoms with E-state index in [-0.39, 0.29) is 12.5 Å². The summed E-state index contributed by atoms with van der Waals surface area (Å²) in [5.41, 5.74) is 0.953. The van der Waals surface area contributed by atoms with E-state index in [4.69, 9.17) is 4.74 Å². The lowest BCUT2D eigenvalue weighted by molar-refractivity contribution is -0.122. The largest absolute Gasteiger partial charge is 0.482 e. The number of ether oxygens (including phenoxy) is 1. The number of carbonyl (C=O) groups excluding carboxylic acids is 1. The normalized spacial score (nSPS) is 10.3. The van der Waals surface area contributed by atoms with E-state index >= 15 is 0 Å². The second-order valence-electron chi connectivity index (χ2n) is 4.89. The van der Waals surface area contributed by atoms with Gasteiger partial charge >= 0.3 is 0 Å². The maximum atomic E-state index is 11.3. The van der Waals surface area contributed by atoms with Gasteiger partial charge in [-0.1, -0.05) is 19.9 Å². The summed E-state index contributed by atoms with van der Waals surface area (Å²) in [4.78, 5) is 15.6. The van der Waals surface area contributed by atoms with E-state index in [1.807, 2.05) is 12.1 Å². The van der Waals surface area contributed by atoms with Gasteiger partial charge in [-0.3, -0.25) is 9.78 Å². The van der Waals surface area contributed by atoms with Gasteiger partial charge in [-0.2, -0.15) is 0 Å². The minimum atomic E-state index is -0.174. The highest BCUT2D eigenvalue weighted by atomic mass is 16.5. The fourth-order valence-electron chi connectivity index (χ4n) is 1.48. The quantitative estimate of drug-likeness (QED) is 0.672. The number of nitrogens with zero attached hydrogens (tertiary/aromatic N) is 1. The fourth-order valence-corrected chi connectivity index (χ4v) is 1.48. The van der Waals surface area contributed by atoms with Crippen molar-refractivity contribution in [2.75, 3.05) is 19.7 Å². The van der Waals surface area contributed by atoms with Crippen molar-refractivity contribution in [3.63, 3.8) is 0 Å². The van der Waals surface area contributed by atoms with Crippen molar-refractivity contribution >= 4 is 5.91 Å². The zero-order valence-electron chi connectivity index (χ0n) is 12.2. The van der Waals surface area contributed by atoms with Crippen molar-refractivity contribution in [3.05, 3.63) is 36.7 Å². The van der Waals surface area contributed by atoms with Crippen LogP contribution in [0, 0.1) is 5.92 Å². The number of hydrogen-bond donors (Lipinski definition) is 2. The molecule has 0 aliphatic carbocycles. The van der Waals surface area contributed by atoms with Crippen LogP contribution < -0.4 is 15.4 Å². The summed E-state index contributed by atoms with van der Waals surface area (Å²) in [6, 6.07) is 3.71. The third-order valence-electron chi connectivity index (χ3n) is 2.47. The first kappa shape index (κ1) is 16.2. The van der Waals surface area contributed by atoms with Crippen molar-refractivity contribution in [1.82, 2.24) is 15.6 Å². The molecule has 0 saturated heterocycles. The molecule has 110 valence electrons. The van der Waals surface area contributed by atoms with Gasteiger partial charge in [0.05, 0.1) is 11.9 Å². The molecule has 1 rings (SSSR count). The molecule has 2 N–H and O–H groups in total. The van der Waals surface area contributed by atoms with Crippen LogP contribution in [-0.4, -0.2) is 30.6 Å². The Kier molecular flexibility index (Phi) is 7.35. The second-order valence-corrected chi connectivity index (χ2v) is 4.89. The van der Waals surface area contributed by atoms with E-state index in [1.54, 1.807) is 12.3 Å². The lowest BCUT2D eigenvalue weighted by atomic mass is 10.2.